The lowest BCUT2D eigenvalue weighted by molar-refractivity contribution is 0.388. The molecule has 1 aromatic carbocycles. The van der Waals surface area contributed by atoms with Crippen molar-refractivity contribution in [3.63, 3.8) is 0 Å². The molecule has 2 aliphatic carbocycles. The molecule has 4 nitrogen and oxygen atoms in total. The number of nitrogens with two attached hydrogens (primary N) is 1. The van der Waals surface area contributed by atoms with Crippen LogP contribution >= 0.6 is 0 Å². The third kappa shape index (κ3) is 2.68. The van der Waals surface area contributed by atoms with Crippen molar-refractivity contribution in [1.29, 1.82) is 0 Å². The third-order valence-corrected chi connectivity index (χ3v) is 5.89. The first-order chi connectivity index (χ1) is 9.13. The van der Waals surface area contributed by atoms with Gasteiger partial charge in [0.05, 0.1) is 4.90 Å². The Bertz CT molecular complexity index is 563. The quantitative estimate of drug-likeness (QED) is 0.863. The predicted octanol–water partition coefficient (Wildman–Crippen LogP) is 1.71. The highest BCUT2D eigenvalue weighted by Gasteiger charge is 2.41. The van der Waals surface area contributed by atoms with Gasteiger partial charge >= 0.3 is 0 Å². The molecular formula is C14H20N2O2S. The smallest absolute Gasteiger partial charge is 0.243 e. The molecule has 3 rings (SSSR count). The van der Waals surface area contributed by atoms with E-state index in [1.54, 1.807) is 22.5 Å². The summed E-state index contributed by atoms with van der Waals surface area (Å²) >= 11 is 0. The highest BCUT2D eigenvalue weighted by molar-refractivity contribution is 7.89. The van der Waals surface area contributed by atoms with Crippen LogP contribution in [-0.4, -0.2) is 25.3 Å². The van der Waals surface area contributed by atoms with Crippen molar-refractivity contribution in [2.75, 3.05) is 6.54 Å². The van der Waals surface area contributed by atoms with Gasteiger partial charge in [-0.3, -0.25) is 0 Å². The zero-order valence-corrected chi connectivity index (χ0v) is 11.8. The molecule has 0 bridgehead atoms. The van der Waals surface area contributed by atoms with Crippen molar-refractivity contribution >= 4 is 10.0 Å². The molecule has 0 aromatic heterocycles. The summed E-state index contributed by atoms with van der Waals surface area (Å²) in [6, 6.07) is 7.31. The SMILES string of the molecule is NCc1ccccc1S(=O)(=O)N(CC1CC1)C1CC1. The van der Waals surface area contributed by atoms with E-state index in [4.69, 9.17) is 5.73 Å². The normalized spacial score (nSPS) is 19.9. The summed E-state index contributed by atoms with van der Waals surface area (Å²) in [5, 5.41) is 0. The lowest BCUT2D eigenvalue weighted by atomic mass is 10.2. The van der Waals surface area contributed by atoms with Gasteiger partial charge in [0.25, 0.3) is 0 Å². The van der Waals surface area contributed by atoms with Crippen LogP contribution in [0, 0.1) is 5.92 Å². The molecule has 0 heterocycles. The van der Waals surface area contributed by atoms with Crippen LogP contribution in [0.15, 0.2) is 29.2 Å². The highest BCUT2D eigenvalue weighted by Crippen LogP contribution is 2.38. The van der Waals surface area contributed by atoms with Crippen molar-refractivity contribution in [1.82, 2.24) is 4.31 Å². The molecule has 19 heavy (non-hydrogen) atoms. The van der Waals surface area contributed by atoms with E-state index >= 15 is 0 Å². The van der Waals surface area contributed by atoms with Gasteiger partial charge in [-0.05, 0) is 43.2 Å². The van der Waals surface area contributed by atoms with Gasteiger partial charge in [0.1, 0.15) is 0 Å². The van der Waals surface area contributed by atoms with E-state index in [-0.39, 0.29) is 12.6 Å². The van der Waals surface area contributed by atoms with Crippen LogP contribution in [0.5, 0.6) is 0 Å². The van der Waals surface area contributed by atoms with Gasteiger partial charge in [0, 0.05) is 19.1 Å². The maximum atomic E-state index is 12.8. The number of sulfonamides is 1. The molecule has 0 aliphatic heterocycles. The van der Waals surface area contributed by atoms with Crippen molar-refractivity contribution in [3.05, 3.63) is 29.8 Å². The molecule has 0 amide bonds. The zero-order chi connectivity index (χ0) is 13.5. The fourth-order valence-electron chi connectivity index (χ4n) is 2.41. The fourth-order valence-corrected chi connectivity index (χ4v) is 4.41. The molecule has 2 aliphatic rings. The first-order valence-electron chi connectivity index (χ1n) is 6.92. The van der Waals surface area contributed by atoms with Crippen molar-refractivity contribution in [2.45, 2.75) is 43.2 Å². The Balaban J connectivity index is 1.94. The largest absolute Gasteiger partial charge is 0.326 e. The zero-order valence-electron chi connectivity index (χ0n) is 11.0. The molecule has 2 fully saturated rings. The monoisotopic (exact) mass is 280 g/mol. The molecule has 0 unspecified atom stereocenters. The molecule has 0 atom stereocenters. The lowest BCUT2D eigenvalue weighted by Gasteiger charge is -2.23. The first kappa shape index (κ1) is 13.1. The van der Waals surface area contributed by atoms with Gasteiger partial charge in [-0.25, -0.2) is 8.42 Å². The maximum Gasteiger partial charge on any atom is 0.243 e. The fraction of sp³-hybridized carbons (Fsp3) is 0.571. The lowest BCUT2D eigenvalue weighted by Crippen LogP contribution is -2.35. The topological polar surface area (TPSA) is 63.4 Å². The van der Waals surface area contributed by atoms with Crippen molar-refractivity contribution in [3.8, 4) is 0 Å². The van der Waals surface area contributed by atoms with Crippen molar-refractivity contribution in [2.24, 2.45) is 11.7 Å². The average molecular weight is 280 g/mol. The third-order valence-electron chi connectivity index (χ3n) is 3.87. The number of hydrogen-bond donors (Lipinski definition) is 1. The minimum Gasteiger partial charge on any atom is -0.326 e. The second-order valence-electron chi connectivity index (χ2n) is 5.56. The van der Waals surface area contributed by atoms with Gasteiger partial charge in [-0.1, -0.05) is 18.2 Å². The van der Waals surface area contributed by atoms with E-state index in [9.17, 15) is 8.42 Å². The molecule has 2 saturated carbocycles. The minimum absolute atomic E-state index is 0.219. The van der Waals surface area contributed by atoms with Gasteiger partial charge in [-0.15, -0.1) is 0 Å². The summed E-state index contributed by atoms with van der Waals surface area (Å²) in [4.78, 5) is 0.394. The summed E-state index contributed by atoms with van der Waals surface area (Å²) in [5.74, 6) is 0.570. The Labute approximate surface area is 114 Å². The van der Waals surface area contributed by atoms with E-state index in [1.807, 2.05) is 6.07 Å². The van der Waals surface area contributed by atoms with E-state index < -0.39 is 10.0 Å². The van der Waals surface area contributed by atoms with Crippen molar-refractivity contribution < 1.29 is 8.42 Å². The molecule has 0 radical (unpaired) electrons. The predicted molar refractivity (Wildman–Crippen MR) is 74.0 cm³/mol. The van der Waals surface area contributed by atoms with Crippen LogP contribution < -0.4 is 5.73 Å². The number of hydrogen-bond acceptors (Lipinski definition) is 3. The Morgan fingerprint density at radius 3 is 2.42 bits per heavy atom. The Morgan fingerprint density at radius 1 is 1.16 bits per heavy atom. The van der Waals surface area contributed by atoms with Crippen LogP contribution in [0.2, 0.25) is 0 Å². The van der Waals surface area contributed by atoms with E-state index in [0.717, 1.165) is 25.7 Å². The van der Waals surface area contributed by atoms with E-state index in [2.05, 4.69) is 0 Å². The molecular weight excluding hydrogens is 260 g/mol. The molecule has 1 aromatic rings. The standard InChI is InChI=1S/C14H20N2O2S/c15-9-12-3-1-2-4-14(12)19(17,18)16(13-7-8-13)10-11-5-6-11/h1-4,11,13H,5-10,15H2. The molecule has 104 valence electrons. The van der Waals surface area contributed by atoms with Gasteiger partial charge in [0.2, 0.25) is 10.0 Å². The number of nitrogens with zero attached hydrogens (tertiary/aromatic N) is 1. The van der Waals surface area contributed by atoms with Gasteiger partial charge in [0.15, 0.2) is 0 Å². The summed E-state index contributed by atoms with van der Waals surface area (Å²) in [6.45, 7) is 0.948. The van der Waals surface area contributed by atoms with Gasteiger partial charge < -0.3 is 5.73 Å². The second-order valence-corrected chi connectivity index (χ2v) is 7.42. The molecule has 2 N–H and O–H groups in total. The van der Waals surface area contributed by atoms with Crippen LogP contribution in [0.3, 0.4) is 0 Å². The maximum absolute atomic E-state index is 12.8. The Kier molecular flexibility index (Phi) is 3.37. The summed E-state index contributed by atoms with van der Waals surface area (Å²) in [6.07, 6.45) is 4.32. The molecule has 0 saturated heterocycles. The number of benzene rings is 1. The van der Waals surface area contributed by atoms with Crippen LogP contribution in [0.25, 0.3) is 0 Å². The Hall–Kier alpha value is -0.910. The Morgan fingerprint density at radius 2 is 1.84 bits per heavy atom. The van der Waals surface area contributed by atoms with Crippen LogP contribution in [-0.2, 0) is 16.6 Å². The molecule has 0 spiro atoms. The van der Waals surface area contributed by atoms with E-state index in [1.165, 1.54) is 0 Å². The molecule has 5 heteroatoms. The summed E-state index contributed by atoms with van der Waals surface area (Å²) in [7, 11) is -3.38. The average Bonchev–Trinajstić information content (AvgIpc) is 3.28. The van der Waals surface area contributed by atoms with E-state index in [0.29, 0.717) is 22.9 Å². The summed E-state index contributed by atoms with van der Waals surface area (Å²) in [5.41, 5.74) is 6.38. The van der Waals surface area contributed by atoms with Crippen LogP contribution in [0.1, 0.15) is 31.2 Å². The van der Waals surface area contributed by atoms with Gasteiger partial charge in [-0.2, -0.15) is 4.31 Å². The first-order valence-corrected chi connectivity index (χ1v) is 8.36. The second kappa shape index (κ2) is 4.89. The highest BCUT2D eigenvalue weighted by atomic mass is 32.2. The minimum atomic E-state index is -3.38. The summed E-state index contributed by atoms with van der Waals surface area (Å²) < 4.78 is 27.4. The van der Waals surface area contributed by atoms with Crippen LogP contribution in [0.4, 0.5) is 0 Å². The number of rotatable bonds is 6.